The Morgan fingerprint density at radius 3 is 2.84 bits per heavy atom. The van der Waals surface area contributed by atoms with Crippen LogP contribution in [0.3, 0.4) is 0 Å². The summed E-state index contributed by atoms with van der Waals surface area (Å²) < 4.78 is 1.95. The lowest BCUT2D eigenvalue weighted by Crippen LogP contribution is -2.35. The molecule has 1 aliphatic rings. The van der Waals surface area contributed by atoms with Gasteiger partial charge in [-0.2, -0.15) is 5.10 Å². The number of hydrogen-bond donors (Lipinski definition) is 1. The predicted molar refractivity (Wildman–Crippen MR) is 74.9 cm³/mol. The number of benzene rings is 1. The smallest absolute Gasteiger partial charge is 0.110 e. The highest BCUT2D eigenvalue weighted by molar-refractivity contribution is 5.33. The molecule has 19 heavy (non-hydrogen) atoms. The third kappa shape index (κ3) is 2.19. The first-order valence-corrected chi connectivity index (χ1v) is 7.04. The van der Waals surface area contributed by atoms with Crippen LogP contribution in [0.15, 0.2) is 36.5 Å². The van der Waals surface area contributed by atoms with E-state index in [-0.39, 0.29) is 0 Å². The summed E-state index contributed by atoms with van der Waals surface area (Å²) in [5, 5.41) is 15.4. The van der Waals surface area contributed by atoms with E-state index in [1.54, 1.807) is 6.20 Å². The molecular weight excluding hydrogens is 236 g/mol. The first kappa shape index (κ1) is 12.4. The molecule has 0 amide bonds. The van der Waals surface area contributed by atoms with Crippen LogP contribution >= 0.6 is 0 Å². The van der Waals surface area contributed by atoms with Crippen LogP contribution in [0.25, 0.3) is 0 Å². The minimum atomic E-state index is -0.764. The maximum absolute atomic E-state index is 11.0. The highest BCUT2D eigenvalue weighted by atomic mass is 16.3. The van der Waals surface area contributed by atoms with Gasteiger partial charge in [0.1, 0.15) is 5.60 Å². The molecule has 1 aliphatic carbocycles. The number of aryl methyl sites for hydroxylation is 2. The highest BCUT2D eigenvalue weighted by Crippen LogP contribution is 2.36. The molecule has 0 saturated heterocycles. The van der Waals surface area contributed by atoms with Crippen LogP contribution in [0.4, 0.5) is 0 Å². The van der Waals surface area contributed by atoms with E-state index in [1.165, 1.54) is 11.1 Å². The lowest BCUT2D eigenvalue weighted by atomic mass is 9.78. The SMILES string of the molecule is CCCn1nccc1C1(O)CCc2ccccc2C1. The van der Waals surface area contributed by atoms with Crippen molar-refractivity contribution in [3.8, 4) is 0 Å². The Hall–Kier alpha value is -1.61. The van der Waals surface area contributed by atoms with E-state index in [4.69, 9.17) is 0 Å². The van der Waals surface area contributed by atoms with Gasteiger partial charge >= 0.3 is 0 Å². The molecule has 1 atom stereocenters. The van der Waals surface area contributed by atoms with Gasteiger partial charge in [0.2, 0.25) is 0 Å². The van der Waals surface area contributed by atoms with E-state index < -0.39 is 5.60 Å². The van der Waals surface area contributed by atoms with E-state index in [0.717, 1.165) is 31.5 Å². The quantitative estimate of drug-likeness (QED) is 0.917. The lowest BCUT2D eigenvalue weighted by molar-refractivity contribution is 0.0133. The zero-order valence-electron chi connectivity index (χ0n) is 11.3. The standard InChI is InChI=1S/C16H20N2O/c1-2-11-18-15(8-10-17-18)16(19)9-7-13-5-3-4-6-14(13)12-16/h3-6,8,10,19H,2,7,9,11-12H2,1H3. The maximum Gasteiger partial charge on any atom is 0.110 e. The summed E-state index contributed by atoms with van der Waals surface area (Å²) in [7, 11) is 0. The Kier molecular flexibility index (Phi) is 3.15. The molecule has 0 radical (unpaired) electrons. The number of aliphatic hydroxyl groups is 1. The molecule has 0 saturated carbocycles. The van der Waals surface area contributed by atoms with Crippen LogP contribution in [0.2, 0.25) is 0 Å². The fraction of sp³-hybridized carbons (Fsp3) is 0.438. The molecule has 100 valence electrons. The van der Waals surface area contributed by atoms with Crippen LogP contribution in [0.1, 0.15) is 36.6 Å². The summed E-state index contributed by atoms with van der Waals surface area (Å²) in [6.07, 6.45) is 5.23. The van der Waals surface area contributed by atoms with Crippen molar-refractivity contribution in [2.45, 2.75) is 44.8 Å². The first-order chi connectivity index (χ1) is 9.23. The molecule has 1 heterocycles. The summed E-state index contributed by atoms with van der Waals surface area (Å²) in [6, 6.07) is 10.4. The molecule has 0 spiro atoms. The summed E-state index contributed by atoms with van der Waals surface area (Å²) in [6.45, 7) is 3.00. The van der Waals surface area contributed by atoms with Gasteiger partial charge in [-0.05, 0) is 36.5 Å². The second-order valence-electron chi connectivity index (χ2n) is 5.42. The van der Waals surface area contributed by atoms with Crippen molar-refractivity contribution in [3.63, 3.8) is 0 Å². The average molecular weight is 256 g/mol. The summed E-state index contributed by atoms with van der Waals surface area (Å²) in [4.78, 5) is 0. The van der Waals surface area contributed by atoms with Crippen LogP contribution < -0.4 is 0 Å². The first-order valence-electron chi connectivity index (χ1n) is 7.04. The fourth-order valence-electron chi connectivity index (χ4n) is 3.06. The number of rotatable bonds is 3. The van der Waals surface area contributed by atoms with Gasteiger partial charge in [-0.3, -0.25) is 4.68 Å². The topological polar surface area (TPSA) is 38.0 Å². The summed E-state index contributed by atoms with van der Waals surface area (Å²) in [5.41, 5.74) is 2.83. The molecule has 0 aliphatic heterocycles. The van der Waals surface area contributed by atoms with E-state index in [0.29, 0.717) is 6.42 Å². The fourth-order valence-corrected chi connectivity index (χ4v) is 3.06. The maximum atomic E-state index is 11.0. The minimum absolute atomic E-state index is 0.693. The second kappa shape index (κ2) is 4.82. The van der Waals surface area contributed by atoms with Crippen LogP contribution in [0.5, 0.6) is 0 Å². The molecule has 3 heteroatoms. The lowest BCUT2D eigenvalue weighted by Gasteiger charge is -2.34. The van der Waals surface area contributed by atoms with Gasteiger partial charge in [0.25, 0.3) is 0 Å². The highest BCUT2D eigenvalue weighted by Gasteiger charge is 2.36. The zero-order valence-corrected chi connectivity index (χ0v) is 11.3. The van der Waals surface area contributed by atoms with Crippen molar-refractivity contribution < 1.29 is 5.11 Å². The second-order valence-corrected chi connectivity index (χ2v) is 5.42. The minimum Gasteiger partial charge on any atom is -0.383 e. The van der Waals surface area contributed by atoms with Crippen molar-refractivity contribution in [3.05, 3.63) is 53.3 Å². The third-order valence-electron chi connectivity index (χ3n) is 4.04. The number of aromatic nitrogens is 2. The zero-order chi connectivity index (χ0) is 13.3. The van der Waals surface area contributed by atoms with Crippen molar-refractivity contribution in [2.75, 3.05) is 0 Å². The van der Waals surface area contributed by atoms with Crippen LogP contribution in [-0.4, -0.2) is 14.9 Å². The Labute approximate surface area is 113 Å². The number of nitrogens with zero attached hydrogens (tertiary/aromatic N) is 2. The number of hydrogen-bond acceptors (Lipinski definition) is 2. The molecule has 3 rings (SSSR count). The largest absolute Gasteiger partial charge is 0.383 e. The molecule has 0 fully saturated rings. The molecule has 1 unspecified atom stereocenters. The Morgan fingerprint density at radius 2 is 2.05 bits per heavy atom. The van der Waals surface area contributed by atoms with E-state index in [9.17, 15) is 5.11 Å². The van der Waals surface area contributed by atoms with Crippen LogP contribution in [0, 0.1) is 0 Å². The van der Waals surface area contributed by atoms with Gasteiger partial charge in [-0.25, -0.2) is 0 Å². The normalized spacial score (nSPS) is 22.2. The van der Waals surface area contributed by atoms with Crippen molar-refractivity contribution in [2.24, 2.45) is 0 Å². The van der Waals surface area contributed by atoms with E-state index in [1.807, 2.05) is 16.8 Å². The summed E-state index contributed by atoms with van der Waals surface area (Å²) in [5.74, 6) is 0. The predicted octanol–water partition coefficient (Wildman–Crippen LogP) is 2.67. The van der Waals surface area contributed by atoms with Gasteiger partial charge in [0.15, 0.2) is 0 Å². The van der Waals surface area contributed by atoms with Crippen molar-refractivity contribution in [1.82, 2.24) is 9.78 Å². The number of fused-ring (bicyclic) bond motifs is 1. The Bertz CT molecular complexity index is 576. The molecule has 0 bridgehead atoms. The average Bonchev–Trinajstić information content (AvgIpc) is 2.88. The monoisotopic (exact) mass is 256 g/mol. The Morgan fingerprint density at radius 1 is 1.26 bits per heavy atom. The molecule has 2 aromatic rings. The van der Waals surface area contributed by atoms with Gasteiger partial charge in [0.05, 0.1) is 5.69 Å². The van der Waals surface area contributed by atoms with Crippen molar-refractivity contribution >= 4 is 0 Å². The molecular formula is C16H20N2O. The Balaban J connectivity index is 1.95. The summed E-state index contributed by atoms with van der Waals surface area (Å²) >= 11 is 0. The van der Waals surface area contributed by atoms with Gasteiger partial charge in [0, 0.05) is 19.2 Å². The van der Waals surface area contributed by atoms with Gasteiger partial charge in [-0.15, -0.1) is 0 Å². The van der Waals surface area contributed by atoms with Gasteiger partial charge < -0.3 is 5.11 Å². The van der Waals surface area contributed by atoms with E-state index in [2.05, 4.69) is 30.2 Å². The third-order valence-corrected chi connectivity index (χ3v) is 4.04. The van der Waals surface area contributed by atoms with E-state index >= 15 is 0 Å². The molecule has 3 nitrogen and oxygen atoms in total. The van der Waals surface area contributed by atoms with Gasteiger partial charge in [-0.1, -0.05) is 31.2 Å². The van der Waals surface area contributed by atoms with Crippen LogP contribution in [-0.2, 0) is 25.0 Å². The molecule has 1 aromatic heterocycles. The molecule has 1 aromatic carbocycles. The molecule has 1 N–H and O–H groups in total. The van der Waals surface area contributed by atoms with Crippen molar-refractivity contribution in [1.29, 1.82) is 0 Å².